The SMILES string of the molecule is Cc1c(Oc2cccc(Cl)c2Cl)cccc1C(=O)NS(C)(=O)=O. The number of benzene rings is 2. The third kappa shape index (κ3) is 4.37. The quantitative estimate of drug-likeness (QED) is 0.884. The van der Waals surface area contributed by atoms with Crippen molar-refractivity contribution in [2.45, 2.75) is 6.92 Å². The molecule has 0 aromatic heterocycles. The van der Waals surface area contributed by atoms with Crippen molar-refractivity contribution < 1.29 is 17.9 Å². The van der Waals surface area contributed by atoms with Crippen LogP contribution in [0.2, 0.25) is 10.0 Å². The molecule has 0 radical (unpaired) electrons. The van der Waals surface area contributed by atoms with Gasteiger partial charge in [-0.3, -0.25) is 4.79 Å². The van der Waals surface area contributed by atoms with E-state index in [0.717, 1.165) is 6.26 Å². The third-order valence-corrected chi connectivity index (χ3v) is 4.30. The van der Waals surface area contributed by atoms with Gasteiger partial charge in [-0.15, -0.1) is 0 Å². The van der Waals surface area contributed by atoms with Crippen molar-refractivity contribution in [3.8, 4) is 11.5 Å². The van der Waals surface area contributed by atoms with E-state index < -0.39 is 15.9 Å². The number of carbonyl (C=O) groups excluding carboxylic acids is 1. The van der Waals surface area contributed by atoms with Crippen LogP contribution in [0.3, 0.4) is 0 Å². The highest BCUT2D eigenvalue weighted by atomic mass is 35.5. The van der Waals surface area contributed by atoms with Crippen molar-refractivity contribution in [1.82, 2.24) is 4.72 Å². The Hall–Kier alpha value is -1.76. The molecule has 0 saturated heterocycles. The maximum absolute atomic E-state index is 12.0. The number of rotatable bonds is 4. The lowest BCUT2D eigenvalue weighted by molar-refractivity contribution is 0.0980. The van der Waals surface area contributed by atoms with Crippen molar-refractivity contribution in [3.63, 3.8) is 0 Å². The summed E-state index contributed by atoms with van der Waals surface area (Å²) in [7, 11) is -3.65. The summed E-state index contributed by atoms with van der Waals surface area (Å²) in [6.45, 7) is 1.64. The molecule has 0 aliphatic carbocycles. The summed E-state index contributed by atoms with van der Waals surface area (Å²) in [6.07, 6.45) is 0.909. The number of hydrogen-bond donors (Lipinski definition) is 1. The molecule has 1 amide bonds. The highest BCUT2D eigenvalue weighted by molar-refractivity contribution is 7.89. The topological polar surface area (TPSA) is 72.5 Å². The molecule has 8 heteroatoms. The van der Waals surface area contributed by atoms with Crippen LogP contribution in [0.5, 0.6) is 11.5 Å². The van der Waals surface area contributed by atoms with Crippen molar-refractivity contribution in [2.24, 2.45) is 0 Å². The summed E-state index contributed by atoms with van der Waals surface area (Å²) in [4.78, 5) is 12.0. The molecule has 2 aromatic carbocycles. The van der Waals surface area contributed by atoms with E-state index in [1.165, 1.54) is 6.07 Å². The minimum atomic E-state index is -3.65. The number of hydrogen-bond acceptors (Lipinski definition) is 4. The van der Waals surface area contributed by atoms with Gasteiger partial charge in [0.25, 0.3) is 5.91 Å². The molecule has 0 fully saturated rings. The first-order valence-electron chi connectivity index (χ1n) is 6.42. The van der Waals surface area contributed by atoms with E-state index in [4.69, 9.17) is 27.9 Å². The molecule has 0 saturated carbocycles. The van der Waals surface area contributed by atoms with E-state index in [2.05, 4.69) is 0 Å². The van der Waals surface area contributed by atoms with Crippen LogP contribution >= 0.6 is 23.2 Å². The third-order valence-electron chi connectivity index (χ3n) is 2.94. The predicted octanol–water partition coefficient (Wildman–Crippen LogP) is 3.78. The van der Waals surface area contributed by atoms with Crippen LogP contribution < -0.4 is 9.46 Å². The number of carbonyl (C=O) groups is 1. The molecule has 1 N–H and O–H groups in total. The standard InChI is InChI=1S/C15H13Cl2NO4S/c1-9-10(15(19)18-23(2,20)21)5-3-7-12(9)22-13-8-4-6-11(16)14(13)17/h3-8H,1-2H3,(H,18,19). The zero-order valence-corrected chi connectivity index (χ0v) is 14.6. The lowest BCUT2D eigenvalue weighted by atomic mass is 10.1. The summed E-state index contributed by atoms with van der Waals surface area (Å²) in [6, 6.07) is 9.67. The molecule has 0 aliphatic heterocycles. The lowest BCUT2D eigenvalue weighted by Crippen LogP contribution is -2.29. The number of ether oxygens (including phenoxy) is 1. The Morgan fingerprint density at radius 2 is 1.70 bits per heavy atom. The number of sulfonamides is 1. The van der Waals surface area contributed by atoms with Gasteiger partial charge in [-0.05, 0) is 31.2 Å². The van der Waals surface area contributed by atoms with E-state index in [1.54, 1.807) is 37.3 Å². The maximum Gasteiger partial charge on any atom is 0.265 e. The Morgan fingerprint density at radius 1 is 1.09 bits per heavy atom. The lowest BCUT2D eigenvalue weighted by Gasteiger charge is -2.13. The Bertz CT molecular complexity index is 866. The van der Waals surface area contributed by atoms with Crippen LogP contribution in [0.25, 0.3) is 0 Å². The molecule has 0 spiro atoms. The summed E-state index contributed by atoms with van der Waals surface area (Å²) >= 11 is 12.0. The van der Waals surface area contributed by atoms with E-state index in [-0.39, 0.29) is 10.6 Å². The van der Waals surface area contributed by atoms with Gasteiger partial charge >= 0.3 is 0 Å². The number of nitrogens with one attached hydrogen (secondary N) is 1. The maximum atomic E-state index is 12.0. The molecule has 5 nitrogen and oxygen atoms in total. The molecular formula is C15H13Cl2NO4S. The molecule has 2 aromatic rings. The van der Waals surface area contributed by atoms with Gasteiger partial charge in [0.15, 0.2) is 0 Å². The molecule has 0 heterocycles. The van der Waals surface area contributed by atoms with Gasteiger partial charge in [0.05, 0.1) is 11.3 Å². The van der Waals surface area contributed by atoms with E-state index in [9.17, 15) is 13.2 Å². The summed E-state index contributed by atoms with van der Waals surface area (Å²) in [5.41, 5.74) is 0.663. The van der Waals surface area contributed by atoms with Gasteiger partial charge in [0.2, 0.25) is 10.0 Å². The zero-order valence-electron chi connectivity index (χ0n) is 12.3. The van der Waals surface area contributed by atoms with E-state index >= 15 is 0 Å². The summed E-state index contributed by atoms with van der Waals surface area (Å²) in [5, 5.41) is 0.590. The van der Waals surface area contributed by atoms with Crippen molar-refractivity contribution in [3.05, 3.63) is 57.6 Å². The Balaban J connectivity index is 2.37. The van der Waals surface area contributed by atoms with Crippen LogP contribution in [0, 0.1) is 6.92 Å². The van der Waals surface area contributed by atoms with Crippen LogP contribution in [-0.4, -0.2) is 20.6 Å². The summed E-state index contributed by atoms with van der Waals surface area (Å²) in [5.74, 6) is -0.0223. The van der Waals surface area contributed by atoms with Crippen LogP contribution in [0.15, 0.2) is 36.4 Å². The van der Waals surface area contributed by atoms with Gasteiger partial charge in [-0.1, -0.05) is 35.3 Å². The predicted molar refractivity (Wildman–Crippen MR) is 90.0 cm³/mol. The first-order valence-corrected chi connectivity index (χ1v) is 9.07. The minimum Gasteiger partial charge on any atom is -0.455 e. The molecule has 2 rings (SSSR count). The van der Waals surface area contributed by atoms with Gasteiger partial charge in [0.1, 0.15) is 16.5 Å². The fraction of sp³-hybridized carbons (Fsp3) is 0.133. The first-order chi connectivity index (χ1) is 10.7. The monoisotopic (exact) mass is 373 g/mol. The normalized spacial score (nSPS) is 11.1. The smallest absolute Gasteiger partial charge is 0.265 e. The highest BCUT2D eigenvalue weighted by Gasteiger charge is 2.17. The average Bonchev–Trinajstić information content (AvgIpc) is 2.44. The molecule has 0 bridgehead atoms. The fourth-order valence-electron chi connectivity index (χ4n) is 1.88. The highest BCUT2D eigenvalue weighted by Crippen LogP contribution is 2.36. The van der Waals surface area contributed by atoms with Crippen LogP contribution in [0.1, 0.15) is 15.9 Å². The average molecular weight is 374 g/mol. The zero-order chi connectivity index (χ0) is 17.2. The van der Waals surface area contributed by atoms with Crippen molar-refractivity contribution >= 4 is 39.1 Å². The second-order valence-electron chi connectivity index (χ2n) is 4.79. The van der Waals surface area contributed by atoms with Crippen LogP contribution in [-0.2, 0) is 10.0 Å². The Kier molecular flexibility index (Phi) is 5.19. The number of halogens is 2. The minimum absolute atomic E-state index is 0.186. The fourth-order valence-corrected chi connectivity index (χ4v) is 2.65. The van der Waals surface area contributed by atoms with Crippen molar-refractivity contribution in [2.75, 3.05) is 6.26 Å². The largest absolute Gasteiger partial charge is 0.455 e. The van der Waals surface area contributed by atoms with Gasteiger partial charge < -0.3 is 4.74 Å². The molecule has 0 unspecified atom stereocenters. The van der Waals surface area contributed by atoms with E-state index in [1.807, 2.05) is 4.72 Å². The Labute approximate surface area is 144 Å². The second kappa shape index (κ2) is 6.78. The van der Waals surface area contributed by atoms with Gasteiger partial charge in [-0.25, -0.2) is 13.1 Å². The van der Waals surface area contributed by atoms with Crippen molar-refractivity contribution in [1.29, 1.82) is 0 Å². The number of amides is 1. The molecule has 122 valence electrons. The summed E-state index contributed by atoms with van der Waals surface area (Å²) < 4.78 is 30.0. The molecule has 0 atom stereocenters. The first kappa shape index (κ1) is 17.6. The van der Waals surface area contributed by atoms with Crippen LogP contribution in [0.4, 0.5) is 0 Å². The van der Waals surface area contributed by atoms with E-state index in [0.29, 0.717) is 22.1 Å². The molecule has 0 aliphatic rings. The van der Waals surface area contributed by atoms with Gasteiger partial charge in [-0.2, -0.15) is 0 Å². The molecular weight excluding hydrogens is 361 g/mol. The van der Waals surface area contributed by atoms with Gasteiger partial charge in [0, 0.05) is 11.1 Å². The second-order valence-corrected chi connectivity index (χ2v) is 7.32. The molecule has 23 heavy (non-hydrogen) atoms. The Morgan fingerprint density at radius 3 is 2.35 bits per heavy atom.